The van der Waals surface area contributed by atoms with Gasteiger partial charge < -0.3 is 14.4 Å². The summed E-state index contributed by atoms with van der Waals surface area (Å²) in [4.78, 5) is 25.2. The Labute approximate surface area is 128 Å². The third kappa shape index (κ3) is 3.55. The first-order valence-electron chi connectivity index (χ1n) is 6.54. The molecule has 1 aromatic carbocycles. The van der Waals surface area contributed by atoms with Crippen LogP contribution in [0, 0.1) is 0 Å². The van der Waals surface area contributed by atoms with E-state index < -0.39 is 5.97 Å². The van der Waals surface area contributed by atoms with Crippen LogP contribution >= 0.6 is 11.6 Å². The van der Waals surface area contributed by atoms with Crippen molar-refractivity contribution in [3.63, 3.8) is 0 Å². The number of methoxy groups -OCH3 is 1. The Kier molecular flexibility index (Phi) is 4.85. The Morgan fingerprint density at radius 3 is 2.86 bits per heavy atom. The van der Waals surface area contributed by atoms with E-state index in [9.17, 15) is 9.59 Å². The van der Waals surface area contributed by atoms with Crippen LogP contribution in [0.3, 0.4) is 0 Å². The van der Waals surface area contributed by atoms with Crippen LogP contribution in [-0.4, -0.2) is 43.6 Å². The van der Waals surface area contributed by atoms with E-state index in [-0.39, 0.29) is 19.1 Å². The van der Waals surface area contributed by atoms with Crippen molar-refractivity contribution in [2.75, 3.05) is 26.8 Å². The summed E-state index contributed by atoms with van der Waals surface area (Å²) in [6, 6.07) is 5.23. The Morgan fingerprint density at radius 1 is 1.43 bits per heavy atom. The highest BCUT2D eigenvalue weighted by atomic mass is 35.5. The maximum atomic E-state index is 12.4. The Hall–Kier alpha value is -2.01. The molecule has 0 atom stereocenters. The molecule has 0 aliphatic carbocycles. The number of ether oxygens (including phenoxy) is 2. The molecule has 5 nitrogen and oxygen atoms in total. The van der Waals surface area contributed by atoms with Crippen molar-refractivity contribution in [2.45, 2.75) is 6.92 Å². The van der Waals surface area contributed by atoms with Crippen LogP contribution in [0.2, 0.25) is 5.02 Å². The second kappa shape index (κ2) is 6.63. The summed E-state index contributed by atoms with van der Waals surface area (Å²) >= 11 is 5.94. The summed E-state index contributed by atoms with van der Waals surface area (Å²) in [5.74, 6) is -0.00790. The molecule has 0 aromatic heterocycles. The van der Waals surface area contributed by atoms with E-state index >= 15 is 0 Å². The van der Waals surface area contributed by atoms with Crippen molar-refractivity contribution in [2.24, 2.45) is 0 Å². The van der Waals surface area contributed by atoms with Gasteiger partial charge in [0.05, 0.1) is 12.7 Å². The molecule has 21 heavy (non-hydrogen) atoms. The molecule has 0 radical (unpaired) electrons. The third-order valence-electron chi connectivity index (χ3n) is 3.18. The van der Waals surface area contributed by atoms with Crippen molar-refractivity contribution >= 4 is 29.6 Å². The molecule has 0 N–H and O–H groups in total. The molecule has 1 amide bonds. The smallest absolute Gasteiger partial charge is 0.325 e. The molecule has 1 aliphatic heterocycles. The predicted octanol–water partition coefficient (Wildman–Crippen LogP) is 2.14. The lowest BCUT2D eigenvalue weighted by molar-refractivity contribution is -0.145. The molecule has 6 heteroatoms. The molecule has 1 heterocycles. The number of nitrogens with zero attached hydrogens (tertiary/aromatic N) is 1. The lowest BCUT2D eigenvalue weighted by Gasteiger charge is -2.23. The standard InChI is InChI=1S/C15H16ClNO4/c1-3-17(8-14(18)20-2)15(19)11-6-10-7-12(16)4-5-13(10)21-9-11/h4-7H,3,8-9H2,1-2H3. The zero-order valence-corrected chi connectivity index (χ0v) is 12.6. The summed E-state index contributed by atoms with van der Waals surface area (Å²) < 4.78 is 10.1. The normalized spacial score (nSPS) is 12.8. The summed E-state index contributed by atoms with van der Waals surface area (Å²) in [7, 11) is 1.29. The van der Waals surface area contributed by atoms with Gasteiger partial charge in [-0.25, -0.2) is 0 Å². The van der Waals surface area contributed by atoms with E-state index in [0.29, 0.717) is 22.9 Å². The number of fused-ring (bicyclic) bond motifs is 1. The Morgan fingerprint density at radius 2 is 2.19 bits per heavy atom. The SMILES string of the molecule is CCN(CC(=O)OC)C(=O)C1=Cc2cc(Cl)ccc2OC1. The maximum absolute atomic E-state index is 12.4. The molecule has 0 saturated heterocycles. The number of rotatable bonds is 4. The second-order valence-corrected chi connectivity index (χ2v) is 4.97. The quantitative estimate of drug-likeness (QED) is 0.800. The van der Waals surface area contributed by atoms with E-state index in [0.717, 1.165) is 5.56 Å². The first-order valence-corrected chi connectivity index (χ1v) is 6.92. The van der Waals surface area contributed by atoms with E-state index in [1.165, 1.54) is 12.0 Å². The third-order valence-corrected chi connectivity index (χ3v) is 3.41. The Bertz CT molecular complexity index is 597. The average molecular weight is 310 g/mol. The number of likely N-dealkylation sites (N-methyl/N-ethyl adjacent to an activating group) is 1. The fourth-order valence-electron chi connectivity index (χ4n) is 2.02. The lowest BCUT2D eigenvalue weighted by Crippen LogP contribution is -2.38. The van der Waals surface area contributed by atoms with E-state index in [1.54, 1.807) is 31.2 Å². The van der Waals surface area contributed by atoms with Gasteiger partial charge in [0.2, 0.25) is 0 Å². The highest BCUT2D eigenvalue weighted by molar-refractivity contribution is 6.30. The monoisotopic (exact) mass is 309 g/mol. The summed E-state index contributed by atoms with van der Waals surface area (Å²) in [5, 5.41) is 0.573. The molecule has 0 fully saturated rings. The van der Waals surface area contributed by atoms with Gasteiger partial charge in [-0.05, 0) is 31.2 Å². The molecule has 112 valence electrons. The molecule has 0 spiro atoms. The molecular formula is C15H16ClNO4. The summed E-state index contributed by atoms with van der Waals surface area (Å²) in [6.45, 7) is 2.31. The van der Waals surface area contributed by atoms with E-state index in [1.807, 2.05) is 0 Å². The minimum absolute atomic E-state index is 0.0778. The van der Waals surface area contributed by atoms with Crippen LogP contribution in [0.25, 0.3) is 6.08 Å². The highest BCUT2D eigenvalue weighted by Crippen LogP contribution is 2.29. The van der Waals surface area contributed by atoms with Crippen LogP contribution in [0.4, 0.5) is 0 Å². The molecular weight excluding hydrogens is 294 g/mol. The highest BCUT2D eigenvalue weighted by Gasteiger charge is 2.23. The van der Waals surface area contributed by atoms with Crippen LogP contribution in [0.5, 0.6) is 5.75 Å². The number of esters is 1. The first-order chi connectivity index (χ1) is 10.0. The van der Waals surface area contributed by atoms with Crippen LogP contribution in [-0.2, 0) is 14.3 Å². The number of hydrogen-bond acceptors (Lipinski definition) is 4. The van der Waals surface area contributed by atoms with Gasteiger partial charge in [-0.1, -0.05) is 11.6 Å². The number of halogens is 1. The van der Waals surface area contributed by atoms with Gasteiger partial charge in [0.25, 0.3) is 5.91 Å². The molecule has 0 bridgehead atoms. The van der Waals surface area contributed by atoms with E-state index in [2.05, 4.69) is 4.74 Å². The van der Waals surface area contributed by atoms with Gasteiger partial charge in [0.15, 0.2) is 0 Å². The van der Waals surface area contributed by atoms with Gasteiger partial charge in [-0.2, -0.15) is 0 Å². The fraction of sp³-hybridized carbons (Fsp3) is 0.333. The first kappa shape index (κ1) is 15.4. The fourth-order valence-corrected chi connectivity index (χ4v) is 2.20. The second-order valence-electron chi connectivity index (χ2n) is 4.54. The van der Waals surface area contributed by atoms with Crippen molar-refractivity contribution in [3.8, 4) is 5.75 Å². The van der Waals surface area contributed by atoms with E-state index in [4.69, 9.17) is 16.3 Å². The maximum Gasteiger partial charge on any atom is 0.325 e. The molecule has 0 saturated carbocycles. The van der Waals surface area contributed by atoms with Crippen LogP contribution in [0.1, 0.15) is 12.5 Å². The van der Waals surface area contributed by atoms with Crippen LogP contribution < -0.4 is 4.74 Å². The van der Waals surface area contributed by atoms with Gasteiger partial charge in [-0.15, -0.1) is 0 Å². The zero-order valence-electron chi connectivity index (χ0n) is 11.9. The minimum atomic E-state index is -0.453. The van der Waals surface area contributed by atoms with Gasteiger partial charge in [-0.3, -0.25) is 9.59 Å². The molecule has 2 rings (SSSR count). The average Bonchev–Trinajstić information content (AvgIpc) is 2.50. The summed E-state index contributed by atoms with van der Waals surface area (Å²) in [5.41, 5.74) is 1.24. The lowest BCUT2D eigenvalue weighted by atomic mass is 10.1. The van der Waals surface area contributed by atoms with Crippen molar-refractivity contribution in [1.29, 1.82) is 0 Å². The topological polar surface area (TPSA) is 55.8 Å². The van der Waals surface area contributed by atoms with Crippen LogP contribution in [0.15, 0.2) is 23.8 Å². The number of carbonyl (C=O) groups is 2. The number of carbonyl (C=O) groups excluding carboxylic acids is 2. The van der Waals surface area contributed by atoms with Gasteiger partial charge >= 0.3 is 5.97 Å². The molecule has 1 aromatic rings. The molecule has 0 unspecified atom stereocenters. The minimum Gasteiger partial charge on any atom is -0.488 e. The predicted molar refractivity (Wildman–Crippen MR) is 79.2 cm³/mol. The van der Waals surface area contributed by atoms with Crippen molar-refractivity contribution in [1.82, 2.24) is 4.90 Å². The van der Waals surface area contributed by atoms with Gasteiger partial charge in [0, 0.05) is 17.1 Å². The number of amides is 1. The van der Waals surface area contributed by atoms with Gasteiger partial charge in [0.1, 0.15) is 18.9 Å². The largest absolute Gasteiger partial charge is 0.488 e. The number of hydrogen-bond donors (Lipinski definition) is 0. The number of benzene rings is 1. The van der Waals surface area contributed by atoms with Crippen molar-refractivity contribution < 1.29 is 19.1 Å². The summed E-state index contributed by atoms with van der Waals surface area (Å²) in [6.07, 6.45) is 1.74. The molecule has 1 aliphatic rings. The van der Waals surface area contributed by atoms with Crippen molar-refractivity contribution in [3.05, 3.63) is 34.4 Å². The Balaban J connectivity index is 2.21. The zero-order chi connectivity index (χ0) is 15.4.